The zero-order chi connectivity index (χ0) is 9.54. The second kappa shape index (κ2) is 2.74. The predicted molar refractivity (Wildman–Crippen MR) is 55.6 cm³/mol. The van der Waals surface area contributed by atoms with Gasteiger partial charge in [-0.3, -0.25) is 0 Å². The van der Waals surface area contributed by atoms with Crippen molar-refractivity contribution in [3.63, 3.8) is 0 Å². The van der Waals surface area contributed by atoms with Gasteiger partial charge in [0, 0.05) is 0 Å². The number of nitrogens with one attached hydrogen (secondary N) is 2. The molecular formula is C11H12N2O. The lowest BCUT2D eigenvalue weighted by Crippen LogP contribution is -2.01. The molecule has 0 bridgehead atoms. The number of rotatable bonds is 0. The Bertz CT molecular complexity index is 490. The van der Waals surface area contributed by atoms with E-state index in [1.807, 2.05) is 0 Å². The quantitative estimate of drug-likeness (QED) is 0.650. The van der Waals surface area contributed by atoms with Gasteiger partial charge in [-0.15, -0.1) is 0 Å². The molecule has 1 aliphatic carbocycles. The number of aryl methyl sites for hydroxylation is 2. The van der Waals surface area contributed by atoms with Crippen molar-refractivity contribution in [2.24, 2.45) is 0 Å². The average Bonchev–Trinajstić information content (AvgIpc) is 2.53. The summed E-state index contributed by atoms with van der Waals surface area (Å²) in [6.07, 6.45) is 4.84. The van der Waals surface area contributed by atoms with Crippen LogP contribution < -0.4 is 5.69 Å². The number of imidazole rings is 1. The van der Waals surface area contributed by atoms with E-state index in [1.54, 1.807) is 0 Å². The lowest BCUT2D eigenvalue weighted by Gasteiger charge is -2.14. The second-order valence-corrected chi connectivity index (χ2v) is 3.95. The van der Waals surface area contributed by atoms with Crippen LogP contribution in [0.25, 0.3) is 11.0 Å². The van der Waals surface area contributed by atoms with Crippen molar-refractivity contribution in [2.45, 2.75) is 25.7 Å². The first-order valence-electron chi connectivity index (χ1n) is 5.07. The van der Waals surface area contributed by atoms with Crippen molar-refractivity contribution in [2.75, 3.05) is 0 Å². The molecule has 1 aliphatic rings. The van der Waals surface area contributed by atoms with Crippen LogP contribution in [0.15, 0.2) is 16.9 Å². The molecule has 72 valence electrons. The van der Waals surface area contributed by atoms with E-state index in [-0.39, 0.29) is 5.69 Å². The van der Waals surface area contributed by atoms with E-state index in [0.29, 0.717) is 0 Å². The maximum atomic E-state index is 11.1. The molecule has 1 aromatic carbocycles. The molecule has 0 fully saturated rings. The Kier molecular flexibility index (Phi) is 1.54. The van der Waals surface area contributed by atoms with E-state index in [2.05, 4.69) is 22.1 Å². The van der Waals surface area contributed by atoms with Gasteiger partial charge in [-0.2, -0.15) is 0 Å². The zero-order valence-corrected chi connectivity index (χ0v) is 7.89. The number of benzene rings is 1. The van der Waals surface area contributed by atoms with E-state index >= 15 is 0 Å². The molecule has 0 saturated heterocycles. The highest BCUT2D eigenvalue weighted by molar-refractivity contribution is 5.76. The first-order valence-corrected chi connectivity index (χ1v) is 5.07. The molecular weight excluding hydrogens is 176 g/mol. The highest BCUT2D eigenvalue weighted by atomic mass is 16.1. The SMILES string of the molecule is O=c1[nH]c2cc3c(cc2[nH]1)CCCC3. The van der Waals surface area contributed by atoms with Gasteiger partial charge in [-0.25, -0.2) is 4.79 Å². The Hall–Kier alpha value is -1.51. The summed E-state index contributed by atoms with van der Waals surface area (Å²) in [6.45, 7) is 0. The maximum absolute atomic E-state index is 11.1. The zero-order valence-electron chi connectivity index (χ0n) is 7.89. The van der Waals surface area contributed by atoms with E-state index in [4.69, 9.17) is 0 Å². The molecule has 0 unspecified atom stereocenters. The maximum Gasteiger partial charge on any atom is 0.323 e. The van der Waals surface area contributed by atoms with Crippen molar-refractivity contribution >= 4 is 11.0 Å². The van der Waals surface area contributed by atoms with Gasteiger partial charge < -0.3 is 9.97 Å². The minimum absolute atomic E-state index is 0.109. The second-order valence-electron chi connectivity index (χ2n) is 3.95. The molecule has 2 aromatic rings. The fraction of sp³-hybridized carbons (Fsp3) is 0.364. The molecule has 3 heteroatoms. The molecule has 0 radical (unpaired) electrons. The molecule has 0 amide bonds. The molecule has 2 N–H and O–H groups in total. The van der Waals surface area contributed by atoms with Gasteiger partial charge in [0.2, 0.25) is 0 Å². The standard InChI is InChI=1S/C11H12N2O/c14-11-12-9-5-7-3-1-2-4-8(7)6-10(9)13-11/h5-6H,1-4H2,(H2,12,13,14). The third-order valence-corrected chi connectivity index (χ3v) is 2.98. The molecule has 3 rings (SSSR count). The van der Waals surface area contributed by atoms with E-state index in [0.717, 1.165) is 23.9 Å². The molecule has 0 aliphatic heterocycles. The number of aromatic amines is 2. The molecule has 0 saturated carbocycles. The lowest BCUT2D eigenvalue weighted by atomic mass is 9.91. The van der Waals surface area contributed by atoms with Crippen molar-refractivity contribution in [1.82, 2.24) is 9.97 Å². The van der Waals surface area contributed by atoms with Gasteiger partial charge in [-0.05, 0) is 48.9 Å². The number of hydrogen-bond donors (Lipinski definition) is 2. The van der Waals surface area contributed by atoms with Crippen LogP contribution in [0, 0.1) is 0 Å². The summed E-state index contributed by atoms with van der Waals surface area (Å²) < 4.78 is 0. The summed E-state index contributed by atoms with van der Waals surface area (Å²) in [5.74, 6) is 0. The highest BCUT2D eigenvalue weighted by Crippen LogP contribution is 2.24. The van der Waals surface area contributed by atoms with Gasteiger partial charge in [0.05, 0.1) is 11.0 Å². The van der Waals surface area contributed by atoms with Crippen LogP contribution in [0.1, 0.15) is 24.0 Å². The monoisotopic (exact) mass is 188 g/mol. The topological polar surface area (TPSA) is 48.6 Å². The highest BCUT2D eigenvalue weighted by Gasteiger charge is 2.10. The minimum atomic E-state index is -0.109. The van der Waals surface area contributed by atoms with Gasteiger partial charge in [0.15, 0.2) is 0 Å². The molecule has 0 atom stereocenters. The van der Waals surface area contributed by atoms with Crippen LogP contribution in [0.4, 0.5) is 0 Å². The summed E-state index contributed by atoms with van der Waals surface area (Å²) in [5, 5.41) is 0. The smallest absolute Gasteiger partial charge is 0.306 e. The third kappa shape index (κ3) is 1.09. The van der Waals surface area contributed by atoms with Crippen LogP contribution in [-0.2, 0) is 12.8 Å². The predicted octanol–water partition coefficient (Wildman–Crippen LogP) is 1.73. The van der Waals surface area contributed by atoms with Crippen LogP contribution >= 0.6 is 0 Å². The number of H-pyrrole nitrogens is 2. The lowest BCUT2D eigenvalue weighted by molar-refractivity contribution is 0.687. The van der Waals surface area contributed by atoms with Crippen molar-refractivity contribution in [3.8, 4) is 0 Å². The first kappa shape index (κ1) is 7.85. The van der Waals surface area contributed by atoms with E-state index < -0.39 is 0 Å². The largest absolute Gasteiger partial charge is 0.323 e. The summed E-state index contributed by atoms with van der Waals surface area (Å²) in [5.41, 5.74) is 4.58. The number of hydrogen-bond acceptors (Lipinski definition) is 1. The van der Waals surface area contributed by atoms with Crippen LogP contribution in [-0.4, -0.2) is 9.97 Å². The Labute approximate surface area is 81.2 Å². The Morgan fingerprint density at radius 2 is 1.43 bits per heavy atom. The Balaban J connectivity index is 2.31. The van der Waals surface area contributed by atoms with Crippen molar-refractivity contribution < 1.29 is 0 Å². The number of aromatic nitrogens is 2. The van der Waals surface area contributed by atoms with E-state index in [9.17, 15) is 4.79 Å². The summed E-state index contributed by atoms with van der Waals surface area (Å²) in [4.78, 5) is 16.7. The van der Waals surface area contributed by atoms with E-state index in [1.165, 1.54) is 24.0 Å². The summed E-state index contributed by atoms with van der Waals surface area (Å²) in [7, 11) is 0. The average molecular weight is 188 g/mol. The molecule has 14 heavy (non-hydrogen) atoms. The fourth-order valence-corrected chi connectivity index (χ4v) is 2.27. The fourth-order valence-electron chi connectivity index (χ4n) is 2.27. The van der Waals surface area contributed by atoms with Crippen LogP contribution in [0.3, 0.4) is 0 Å². The molecule has 1 aromatic heterocycles. The van der Waals surface area contributed by atoms with Gasteiger partial charge in [0.25, 0.3) is 0 Å². The summed E-state index contributed by atoms with van der Waals surface area (Å²) >= 11 is 0. The third-order valence-electron chi connectivity index (χ3n) is 2.98. The minimum Gasteiger partial charge on any atom is -0.306 e. The Morgan fingerprint density at radius 1 is 0.929 bits per heavy atom. The Morgan fingerprint density at radius 3 is 1.93 bits per heavy atom. The van der Waals surface area contributed by atoms with Crippen molar-refractivity contribution in [3.05, 3.63) is 33.7 Å². The van der Waals surface area contributed by atoms with Crippen LogP contribution in [0.2, 0.25) is 0 Å². The van der Waals surface area contributed by atoms with Gasteiger partial charge in [0.1, 0.15) is 0 Å². The van der Waals surface area contributed by atoms with Crippen LogP contribution in [0.5, 0.6) is 0 Å². The molecule has 3 nitrogen and oxygen atoms in total. The number of fused-ring (bicyclic) bond motifs is 2. The summed E-state index contributed by atoms with van der Waals surface area (Å²) in [6, 6.07) is 4.23. The molecule has 1 heterocycles. The molecule has 0 spiro atoms. The normalized spacial score (nSPS) is 15.7. The van der Waals surface area contributed by atoms with Crippen molar-refractivity contribution in [1.29, 1.82) is 0 Å². The first-order chi connectivity index (χ1) is 6.83. The van der Waals surface area contributed by atoms with Gasteiger partial charge in [-0.1, -0.05) is 0 Å². The van der Waals surface area contributed by atoms with Gasteiger partial charge >= 0.3 is 5.69 Å².